The molecule has 0 spiro atoms. The van der Waals surface area contributed by atoms with Gasteiger partial charge in [0.15, 0.2) is 0 Å². The van der Waals surface area contributed by atoms with Crippen molar-refractivity contribution in [1.29, 1.82) is 0 Å². The van der Waals surface area contributed by atoms with Gasteiger partial charge < -0.3 is 10.4 Å². The summed E-state index contributed by atoms with van der Waals surface area (Å²) in [6.45, 7) is 1.25. The lowest BCUT2D eigenvalue weighted by Gasteiger charge is -2.38. The maximum atomic E-state index is 11.8. The van der Waals surface area contributed by atoms with Crippen molar-refractivity contribution < 1.29 is 13.5 Å². The van der Waals surface area contributed by atoms with E-state index in [1.807, 2.05) is 0 Å². The van der Waals surface area contributed by atoms with Crippen LogP contribution in [0.1, 0.15) is 12.8 Å². The van der Waals surface area contributed by atoms with E-state index in [0.29, 0.717) is 32.5 Å². The Kier molecular flexibility index (Phi) is 4.30. The molecule has 1 heterocycles. The zero-order chi connectivity index (χ0) is 12.4. The average Bonchev–Trinajstić information content (AvgIpc) is 2.18. The molecular weight excluding hydrogens is 230 g/mol. The Labute approximate surface area is 97.4 Å². The summed E-state index contributed by atoms with van der Waals surface area (Å²) in [6, 6.07) is 0. The zero-order valence-electron chi connectivity index (χ0n) is 10.1. The first-order valence-corrected chi connectivity index (χ1v) is 6.76. The molecule has 16 heavy (non-hydrogen) atoms. The van der Waals surface area contributed by atoms with Crippen LogP contribution in [-0.2, 0) is 10.2 Å². The van der Waals surface area contributed by atoms with E-state index < -0.39 is 15.8 Å². The van der Waals surface area contributed by atoms with Crippen LogP contribution in [0, 0.1) is 0 Å². The number of hydrogen-bond acceptors (Lipinski definition) is 4. The summed E-state index contributed by atoms with van der Waals surface area (Å²) in [5.74, 6) is 0. The highest BCUT2D eigenvalue weighted by Crippen LogP contribution is 2.23. The third-order valence-electron chi connectivity index (χ3n) is 2.95. The molecule has 96 valence electrons. The van der Waals surface area contributed by atoms with Crippen molar-refractivity contribution in [2.24, 2.45) is 0 Å². The standard InChI is InChI=1S/C9H21N3O3S/c1-10-8-9(13)4-6-12(7-5-9)16(14,15)11(2)3/h10,13H,4-8H2,1-3H3. The van der Waals surface area contributed by atoms with Gasteiger partial charge in [-0.15, -0.1) is 0 Å². The van der Waals surface area contributed by atoms with Crippen LogP contribution in [0.4, 0.5) is 0 Å². The first-order valence-electron chi connectivity index (χ1n) is 5.36. The van der Waals surface area contributed by atoms with Crippen molar-refractivity contribution in [1.82, 2.24) is 13.9 Å². The predicted octanol–water partition coefficient (Wildman–Crippen LogP) is -1.16. The fourth-order valence-electron chi connectivity index (χ4n) is 1.87. The van der Waals surface area contributed by atoms with Crippen LogP contribution < -0.4 is 5.32 Å². The van der Waals surface area contributed by atoms with Crippen molar-refractivity contribution >= 4 is 10.2 Å². The molecule has 0 amide bonds. The van der Waals surface area contributed by atoms with Gasteiger partial charge in [-0.3, -0.25) is 0 Å². The Bertz CT molecular complexity index is 321. The van der Waals surface area contributed by atoms with E-state index in [2.05, 4.69) is 5.32 Å². The van der Waals surface area contributed by atoms with Crippen LogP contribution in [0.25, 0.3) is 0 Å². The minimum Gasteiger partial charge on any atom is -0.388 e. The van der Waals surface area contributed by atoms with Crippen molar-refractivity contribution in [2.45, 2.75) is 18.4 Å². The predicted molar refractivity (Wildman–Crippen MR) is 62.3 cm³/mol. The van der Waals surface area contributed by atoms with Crippen LogP contribution in [0.2, 0.25) is 0 Å². The molecule has 1 aliphatic rings. The first-order chi connectivity index (χ1) is 7.32. The molecule has 0 bridgehead atoms. The fraction of sp³-hybridized carbons (Fsp3) is 1.00. The Morgan fingerprint density at radius 1 is 1.38 bits per heavy atom. The van der Waals surface area contributed by atoms with Gasteiger partial charge >= 0.3 is 0 Å². The van der Waals surface area contributed by atoms with E-state index in [0.717, 1.165) is 0 Å². The molecule has 0 aromatic heterocycles. The number of hydrogen-bond donors (Lipinski definition) is 2. The summed E-state index contributed by atoms with van der Waals surface area (Å²) >= 11 is 0. The van der Waals surface area contributed by atoms with E-state index in [1.54, 1.807) is 7.05 Å². The van der Waals surface area contributed by atoms with E-state index in [9.17, 15) is 13.5 Å². The van der Waals surface area contributed by atoms with Gasteiger partial charge in [-0.2, -0.15) is 17.0 Å². The maximum absolute atomic E-state index is 11.8. The van der Waals surface area contributed by atoms with Gasteiger partial charge in [0, 0.05) is 33.7 Å². The largest absolute Gasteiger partial charge is 0.388 e. The van der Waals surface area contributed by atoms with Gasteiger partial charge in [0.05, 0.1) is 5.60 Å². The number of nitrogens with zero attached hydrogens (tertiary/aromatic N) is 2. The first kappa shape index (κ1) is 13.9. The topological polar surface area (TPSA) is 72.9 Å². The van der Waals surface area contributed by atoms with Crippen LogP contribution in [0.15, 0.2) is 0 Å². The van der Waals surface area contributed by atoms with Gasteiger partial charge in [0.25, 0.3) is 10.2 Å². The summed E-state index contributed by atoms with van der Waals surface area (Å²) in [7, 11) is 1.48. The third-order valence-corrected chi connectivity index (χ3v) is 4.89. The minimum absolute atomic E-state index is 0.374. The number of likely N-dealkylation sites (N-methyl/N-ethyl adjacent to an activating group) is 1. The number of nitrogens with one attached hydrogen (secondary N) is 1. The van der Waals surface area contributed by atoms with Crippen LogP contribution in [0.3, 0.4) is 0 Å². The summed E-state index contributed by atoms with van der Waals surface area (Å²) < 4.78 is 26.2. The lowest BCUT2D eigenvalue weighted by atomic mass is 9.92. The van der Waals surface area contributed by atoms with Crippen LogP contribution in [-0.4, -0.2) is 68.5 Å². The van der Waals surface area contributed by atoms with Crippen molar-refractivity contribution in [3.05, 3.63) is 0 Å². The number of aliphatic hydroxyl groups is 1. The monoisotopic (exact) mass is 251 g/mol. The number of rotatable bonds is 4. The molecule has 6 nitrogen and oxygen atoms in total. The smallest absolute Gasteiger partial charge is 0.281 e. The second kappa shape index (κ2) is 4.97. The molecule has 0 aromatic rings. The highest BCUT2D eigenvalue weighted by molar-refractivity contribution is 7.86. The molecule has 1 fully saturated rings. The van der Waals surface area contributed by atoms with Gasteiger partial charge in [-0.05, 0) is 19.9 Å². The van der Waals surface area contributed by atoms with E-state index in [-0.39, 0.29) is 0 Å². The molecule has 0 atom stereocenters. The molecule has 1 aliphatic heterocycles. The molecule has 0 aliphatic carbocycles. The van der Waals surface area contributed by atoms with Crippen molar-refractivity contribution in [3.8, 4) is 0 Å². The highest BCUT2D eigenvalue weighted by Gasteiger charge is 2.36. The zero-order valence-corrected chi connectivity index (χ0v) is 10.9. The summed E-state index contributed by atoms with van der Waals surface area (Å²) in [4.78, 5) is 0. The molecular formula is C9H21N3O3S. The quantitative estimate of drug-likeness (QED) is 0.661. The van der Waals surface area contributed by atoms with E-state index in [1.165, 1.54) is 22.7 Å². The van der Waals surface area contributed by atoms with Gasteiger partial charge in [0.1, 0.15) is 0 Å². The molecule has 1 rings (SSSR count). The molecule has 7 heteroatoms. The lowest BCUT2D eigenvalue weighted by molar-refractivity contribution is -0.00303. The third kappa shape index (κ3) is 2.92. The molecule has 0 radical (unpaired) electrons. The normalized spacial score (nSPS) is 22.6. The van der Waals surface area contributed by atoms with Crippen LogP contribution >= 0.6 is 0 Å². The van der Waals surface area contributed by atoms with Gasteiger partial charge in [-0.1, -0.05) is 0 Å². The van der Waals surface area contributed by atoms with Crippen molar-refractivity contribution in [2.75, 3.05) is 40.8 Å². The second-order valence-corrected chi connectivity index (χ2v) is 6.59. The SMILES string of the molecule is CNCC1(O)CCN(S(=O)(=O)N(C)C)CC1. The summed E-state index contributed by atoms with van der Waals surface area (Å²) in [5, 5.41) is 13.0. The van der Waals surface area contributed by atoms with Crippen LogP contribution in [0.5, 0.6) is 0 Å². The molecule has 0 unspecified atom stereocenters. The van der Waals surface area contributed by atoms with E-state index >= 15 is 0 Å². The van der Waals surface area contributed by atoms with Crippen molar-refractivity contribution in [3.63, 3.8) is 0 Å². The van der Waals surface area contributed by atoms with Gasteiger partial charge in [-0.25, -0.2) is 0 Å². The molecule has 1 saturated heterocycles. The Hall–Kier alpha value is -0.210. The Balaban J connectivity index is 2.62. The molecule has 0 aromatic carbocycles. The summed E-state index contributed by atoms with van der Waals surface area (Å²) in [6.07, 6.45) is 0.946. The molecule has 0 saturated carbocycles. The average molecular weight is 251 g/mol. The maximum Gasteiger partial charge on any atom is 0.281 e. The van der Waals surface area contributed by atoms with Gasteiger partial charge in [0.2, 0.25) is 0 Å². The molecule has 2 N–H and O–H groups in total. The second-order valence-electron chi connectivity index (χ2n) is 4.44. The van der Waals surface area contributed by atoms with E-state index in [4.69, 9.17) is 0 Å². The Morgan fingerprint density at radius 2 is 1.88 bits per heavy atom. The Morgan fingerprint density at radius 3 is 2.25 bits per heavy atom. The fourth-order valence-corrected chi connectivity index (χ4v) is 2.98. The minimum atomic E-state index is -3.33. The number of piperidine rings is 1. The lowest BCUT2D eigenvalue weighted by Crippen LogP contribution is -2.52. The summed E-state index contributed by atoms with van der Waals surface area (Å²) in [5.41, 5.74) is -0.771. The highest BCUT2D eigenvalue weighted by atomic mass is 32.2.